The van der Waals surface area contributed by atoms with Crippen LogP contribution >= 0.6 is 0 Å². The van der Waals surface area contributed by atoms with E-state index >= 15 is 0 Å². The van der Waals surface area contributed by atoms with E-state index in [0.29, 0.717) is 12.5 Å². The Kier molecular flexibility index (Phi) is 7.41. The van der Waals surface area contributed by atoms with Crippen molar-refractivity contribution >= 4 is 22.4 Å². The number of nitrogens with one attached hydrogen (secondary N) is 1. The summed E-state index contributed by atoms with van der Waals surface area (Å²) in [5, 5.41) is 13.7. The molecular weight excluding hydrogens is 448 g/mol. The highest BCUT2D eigenvalue weighted by Gasteiger charge is 2.17. The molecule has 0 saturated carbocycles. The van der Waals surface area contributed by atoms with E-state index in [0.717, 1.165) is 77.5 Å². The summed E-state index contributed by atoms with van der Waals surface area (Å²) in [6.45, 7) is 5.05. The molecule has 0 spiro atoms. The van der Waals surface area contributed by atoms with E-state index in [2.05, 4.69) is 38.1 Å². The molecule has 1 aromatic heterocycles. The predicted octanol–water partition coefficient (Wildman–Crippen LogP) is 5.53. The number of nitrogens with zero attached hydrogens (tertiary/aromatic N) is 3. The van der Waals surface area contributed by atoms with Crippen molar-refractivity contribution in [3.63, 3.8) is 0 Å². The molecule has 0 unspecified atom stereocenters. The van der Waals surface area contributed by atoms with E-state index < -0.39 is 0 Å². The number of aliphatic hydroxyl groups is 1. The van der Waals surface area contributed by atoms with Gasteiger partial charge in [-0.1, -0.05) is 30.0 Å². The van der Waals surface area contributed by atoms with Crippen LogP contribution in [0.5, 0.6) is 11.5 Å². The molecule has 3 aromatic carbocycles. The van der Waals surface area contributed by atoms with E-state index in [1.165, 1.54) is 0 Å². The molecule has 0 atom stereocenters. The molecule has 6 nitrogen and oxygen atoms in total. The minimum absolute atomic E-state index is 0.292. The molecule has 2 N–H and O–H groups in total. The summed E-state index contributed by atoms with van der Waals surface area (Å²) in [4.78, 5) is 11.3. The number of para-hydroxylation sites is 1. The van der Waals surface area contributed by atoms with Crippen molar-refractivity contribution in [1.82, 2.24) is 14.9 Å². The van der Waals surface area contributed by atoms with Crippen molar-refractivity contribution in [1.29, 1.82) is 0 Å². The topological polar surface area (TPSA) is 70.5 Å². The lowest BCUT2D eigenvalue weighted by molar-refractivity contribution is 0.140. The first kappa shape index (κ1) is 23.8. The van der Waals surface area contributed by atoms with Crippen molar-refractivity contribution in [2.45, 2.75) is 19.8 Å². The first-order valence-corrected chi connectivity index (χ1v) is 12.4. The van der Waals surface area contributed by atoms with E-state index in [-0.39, 0.29) is 0 Å². The van der Waals surface area contributed by atoms with Crippen molar-refractivity contribution in [2.75, 3.05) is 31.6 Å². The Morgan fingerprint density at radius 1 is 1.03 bits per heavy atom. The van der Waals surface area contributed by atoms with E-state index in [1.807, 2.05) is 67.6 Å². The van der Waals surface area contributed by atoms with Gasteiger partial charge in [-0.25, -0.2) is 9.97 Å². The molecule has 0 amide bonds. The van der Waals surface area contributed by atoms with E-state index in [1.54, 1.807) is 6.33 Å². The zero-order chi connectivity index (χ0) is 24.7. The minimum atomic E-state index is 0.292. The van der Waals surface area contributed by atoms with Crippen LogP contribution in [0.3, 0.4) is 0 Å². The van der Waals surface area contributed by atoms with Gasteiger partial charge < -0.3 is 15.2 Å². The summed E-state index contributed by atoms with van der Waals surface area (Å²) in [5.74, 6) is 9.42. The number of anilines is 2. The number of rotatable bonds is 6. The smallest absolute Gasteiger partial charge is 0.141 e. The maximum atomic E-state index is 9.32. The van der Waals surface area contributed by atoms with Crippen LogP contribution in [0.4, 0.5) is 11.5 Å². The van der Waals surface area contributed by atoms with Crippen molar-refractivity contribution in [3.8, 4) is 23.3 Å². The van der Waals surface area contributed by atoms with Crippen molar-refractivity contribution in [3.05, 3.63) is 84.2 Å². The van der Waals surface area contributed by atoms with Crippen LogP contribution in [0.1, 0.15) is 24.0 Å². The molecule has 1 aliphatic rings. The molecule has 2 heterocycles. The summed E-state index contributed by atoms with van der Waals surface area (Å²) < 4.78 is 6.01. The lowest BCUT2D eigenvalue weighted by Crippen LogP contribution is -2.34. The first-order chi connectivity index (χ1) is 17.7. The normalized spacial score (nSPS) is 14.3. The van der Waals surface area contributed by atoms with Gasteiger partial charge in [0, 0.05) is 23.2 Å². The van der Waals surface area contributed by atoms with Gasteiger partial charge in [-0.3, -0.25) is 4.90 Å². The third-order valence-electron chi connectivity index (χ3n) is 6.54. The molecule has 182 valence electrons. The SMILES string of the molecule is Cc1cc(Nc2ncnc3ccc(C#CCN4CCC(CO)CC4)cc23)ccc1Oc1ccccc1. The van der Waals surface area contributed by atoms with Crippen molar-refractivity contribution < 1.29 is 9.84 Å². The molecule has 6 heteroatoms. The van der Waals surface area contributed by atoms with Gasteiger partial charge in [-0.2, -0.15) is 0 Å². The average Bonchev–Trinajstić information content (AvgIpc) is 2.91. The highest BCUT2D eigenvalue weighted by molar-refractivity contribution is 5.91. The van der Waals surface area contributed by atoms with Crippen LogP contribution < -0.4 is 10.1 Å². The van der Waals surface area contributed by atoms with Crippen molar-refractivity contribution in [2.24, 2.45) is 5.92 Å². The van der Waals surface area contributed by atoms with Crippen LogP contribution in [0.25, 0.3) is 10.9 Å². The fourth-order valence-corrected chi connectivity index (χ4v) is 4.41. The number of aromatic nitrogens is 2. The average molecular weight is 479 g/mol. The van der Waals surface area contributed by atoms with Crippen LogP contribution in [-0.2, 0) is 0 Å². The van der Waals surface area contributed by atoms with Gasteiger partial charge >= 0.3 is 0 Å². The molecule has 5 rings (SSSR count). The van der Waals surface area contributed by atoms with Crippen LogP contribution in [-0.4, -0.2) is 46.2 Å². The monoisotopic (exact) mass is 478 g/mol. The maximum absolute atomic E-state index is 9.32. The summed E-state index contributed by atoms with van der Waals surface area (Å²) in [7, 11) is 0. The fourth-order valence-electron chi connectivity index (χ4n) is 4.41. The summed E-state index contributed by atoms with van der Waals surface area (Å²) >= 11 is 0. The quantitative estimate of drug-likeness (QED) is 0.355. The van der Waals surface area contributed by atoms with Gasteiger partial charge in [0.2, 0.25) is 0 Å². The standard InChI is InChI=1S/C30H30N4O2/c1-22-18-25(10-12-29(22)36-26-7-3-2-4-8-26)33-30-27-19-23(9-11-28(27)31-21-32-30)6-5-15-34-16-13-24(20-35)14-17-34/h2-4,7-12,18-19,21,24,35H,13-17,20H2,1H3,(H,31,32,33). The largest absolute Gasteiger partial charge is 0.457 e. The third-order valence-corrected chi connectivity index (χ3v) is 6.54. The highest BCUT2D eigenvalue weighted by atomic mass is 16.5. The summed E-state index contributed by atoms with van der Waals surface area (Å²) in [6.07, 6.45) is 3.66. The third kappa shape index (κ3) is 5.83. The van der Waals surface area contributed by atoms with Crippen LogP contribution in [0.2, 0.25) is 0 Å². The Bertz CT molecular complexity index is 1390. The minimum Gasteiger partial charge on any atom is -0.457 e. The Hall–Kier alpha value is -3.92. The summed E-state index contributed by atoms with van der Waals surface area (Å²) in [6, 6.07) is 21.8. The van der Waals surface area contributed by atoms with Crippen LogP contribution in [0, 0.1) is 24.7 Å². The van der Waals surface area contributed by atoms with Gasteiger partial charge in [0.05, 0.1) is 12.1 Å². The number of likely N-dealkylation sites (tertiary alicyclic amines) is 1. The predicted molar refractivity (Wildman–Crippen MR) is 144 cm³/mol. The van der Waals surface area contributed by atoms with Gasteiger partial charge in [0.25, 0.3) is 0 Å². The number of aliphatic hydroxyl groups excluding tert-OH is 1. The second kappa shape index (κ2) is 11.2. The molecule has 1 saturated heterocycles. The van der Waals surface area contributed by atoms with Gasteiger partial charge in [0.1, 0.15) is 23.6 Å². The molecule has 1 fully saturated rings. The molecular formula is C30H30N4O2. The Labute approximate surface area is 212 Å². The Morgan fingerprint density at radius 3 is 2.64 bits per heavy atom. The molecule has 0 bridgehead atoms. The number of ether oxygens (including phenoxy) is 1. The second-order valence-corrected chi connectivity index (χ2v) is 9.18. The van der Waals surface area contributed by atoms with E-state index in [4.69, 9.17) is 4.74 Å². The number of hydrogen-bond donors (Lipinski definition) is 2. The lowest BCUT2D eigenvalue weighted by Gasteiger charge is -2.29. The van der Waals surface area contributed by atoms with Gasteiger partial charge in [0.15, 0.2) is 0 Å². The molecule has 36 heavy (non-hydrogen) atoms. The Morgan fingerprint density at radius 2 is 1.86 bits per heavy atom. The Balaban J connectivity index is 1.30. The number of aryl methyl sites for hydroxylation is 1. The van der Waals surface area contributed by atoms with E-state index in [9.17, 15) is 5.11 Å². The number of fused-ring (bicyclic) bond motifs is 1. The maximum Gasteiger partial charge on any atom is 0.141 e. The molecule has 0 aliphatic carbocycles. The molecule has 1 aliphatic heterocycles. The summed E-state index contributed by atoms with van der Waals surface area (Å²) in [5.41, 5.74) is 3.76. The number of benzene rings is 3. The fraction of sp³-hybridized carbons (Fsp3) is 0.267. The molecule has 0 radical (unpaired) electrons. The zero-order valence-electron chi connectivity index (χ0n) is 20.4. The number of piperidine rings is 1. The zero-order valence-corrected chi connectivity index (χ0v) is 20.4. The van der Waals surface area contributed by atoms with Gasteiger partial charge in [-0.05, 0) is 92.9 Å². The second-order valence-electron chi connectivity index (χ2n) is 9.18. The van der Waals surface area contributed by atoms with Gasteiger partial charge in [-0.15, -0.1) is 0 Å². The lowest BCUT2D eigenvalue weighted by atomic mass is 9.98. The van der Waals surface area contributed by atoms with Crippen LogP contribution in [0.15, 0.2) is 73.1 Å². The number of hydrogen-bond acceptors (Lipinski definition) is 6. The molecule has 4 aromatic rings. The highest BCUT2D eigenvalue weighted by Crippen LogP contribution is 2.30. The first-order valence-electron chi connectivity index (χ1n) is 12.4.